The third-order valence-electron chi connectivity index (χ3n) is 4.59. The van der Waals surface area contributed by atoms with Crippen LogP contribution < -0.4 is 5.32 Å². The highest BCUT2D eigenvalue weighted by Gasteiger charge is 2.08. The maximum absolute atomic E-state index is 12.2. The summed E-state index contributed by atoms with van der Waals surface area (Å²) in [5.74, 6) is -0.201. The Kier molecular flexibility index (Phi) is 5.54. The molecule has 1 amide bonds. The van der Waals surface area contributed by atoms with Crippen LogP contribution in [0.4, 0.5) is 5.69 Å². The molecule has 0 aromatic carbocycles. The molecular formula is C19H25N7O. The van der Waals surface area contributed by atoms with E-state index in [0.29, 0.717) is 12.2 Å². The summed E-state index contributed by atoms with van der Waals surface area (Å²) in [5, 5.41) is 15.8. The van der Waals surface area contributed by atoms with Gasteiger partial charge in [-0.25, -0.2) is 0 Å². The van der Waals surface area contributed by atoms with Crippen LogP contribution in [0.15, 0.2) is 30.9 Å². The van der Waals surface area contributed by atoms with Crippen molar-refractivity contribution in [3.63, 3.8) is 0 Å². The van der Waals surface area contributed by atoms with Gasteiger partial charge in [0.1, 0.15) is 0 Å². The van der Waals surface area contributed by atoms with Crippen LogP contribution in [0.3, 0.4) is 0 Å². The van der Waals surface area contributed by atoms with Crippen LogP contribution in [0.2, 0.25) is 0 Å². The van der Waals surface area contributed by atoms with Crippen LogP contribution in [0, 0.1) is 13.8 Å². The number of carbonyl (C=O) groups is 1. The van der Waals surface area contributed by atoms with Gasteiger partial charge in [0, 0.05) is 47.9 Å². The number of hydrogen-bond donors (Lipinski definition) is 1. The summed E-state index contributed by atoms with van der Waals surface area (Å²) < 4.78 is 5.64. The number of hydrogen-bond acceptors (Lipinski definition) is 4. The molecule has 3 aromatic rings. The first-order valence-corrected chi connectivity index (χ1v) is 9.07. The second-order valence-electron chi connectivity index (χ2n) is 6.32. The number of rotatable bonds is 7. The molecule has 0 aliphatic rings. The Hall–Kier alpha value is -3.16. The fourth-order valence-corrected chi connectivity index (χ4v) is 2.94. The fourth-order valence-electron chi connectivity index (χ4n) is 2.94. The first-order valence-electron chi connectivity index (χ1n) is 9.07. The van der Waals surface area contributed by atoms with Crippen molar-refractivity contribution in [1.29, 1.82) is 0 Å². The van der Waals surface area contributed by atoms with Crippen LogP contribution in [0.25, 0.3) is 6.08 Å². The van der Waals surface area contributed by atoms with E-state index in [9.17, 15) is 4.79 Å². The van der Waals surface area contributed by atoms with Gasteiger partial charge in [-0.3, -0.25) is 18.8 Å². The molecule has 0 unspecified atom stereocenters. The third kappa shape index (κ3) is 4.16. The molecular weight excluding hydrogens is 342 g/mol. The molecule has 0 saturated carbocycles. The van der Waals surface area contributed by atoms with Crippen LogP contribution in [0.5, 0.6) is 0 Å². The summed E-state index contributed by atoms with van der Waals surface area (Å²) in [6.07, 6.45) is 10.4. The van der Waals surface area contributed by atoms with E-state index in [2.05, 4.69) is 27.5 Å². The highest BCUT2D eigenvalue weighted by Crippen LogP contribution is 2.12. The SMILES string of the molecule is CCn1ncc(/C=C/C(=O)Nc2cnn(Cc3cnn(CC)c3C)c2)c1C. The standard InChI is InChI=1S/C19H25N7O/c1-5-25-14(3)16(9-21-25)7-8-19(27)23-18-11-20-24(13-18)12-17-10-22-26(6-2)15(17)4/h7-11,13H,5-6,12H2,1-4H3,(H,23,27)/b8-7+. The van der Waals surface area contributed by atoms with Gasteiger partial charge in [0.15, 0.2) is 0 Å². The minimum atomic E-state index is -0.201. The number of aryl methyl sites for hydroxylation is 2. The van der Waals surface area contributed by atoms with Crippen LogP contribution in [0.1, 0.15) is 36.4 Å². The average molecular weight is 367 g/mol. The quantitative estimate of drug-likeness (QED) is 0.651. The first kappa shape index (κ1) is 18.6. The number of nitrogens with one attached hydrogen (secondary N) is 1. The largest absolute Gasteiger partial charge is 0.320 e. The molecule has 0 atom stereocenters. The van der Waals surface area contributed by atoms with Crippen molar-refractivity contribution >= 4 is 17.7 Å². The highest BCUT2D eigenvalue weighted by atomic mass is 16.1. The molecule has 0 radical (unpaired) electrons. The minimum absolute atomic E-state index is 0.201. The van der Waals surface area contributed by atoms with E-state index in [4.69, 9.17) is 0 Å². The lowest BCUT2D eigenvalue weighted by Crippen LogP contribution is -2.07. The zero-order chi connectivity index (χ0) is 19.4. The molecule has 8 heteroatoms. The molecule has 0 fully saturated rings. The number of aromatic nitrogens is 6. The molecule has 3 aromatic heterocycles. The van der Waals surface area contributed by atoms with E-state index in [1.54, 1.807) is 23.2 Å². The van der Waals surface area contributed by atoms with E-state index in [-0.39, 0.29) is 5.91 Å². The summed E-state index contributed by atoms with van der Waals surface area (Å²) in [4.78, 5) is 12.2. The lowest BCUT2D eigenvalue weighted by molar-refractivity contribution is -0.111. The topological polar surface area (TPSA) is 82.6 Å². The number of carbonyl (C=O) groups excluding carboxylic acids is 1. The van der Waals surface area contributed by atoms with Gasteiger partial charge < -0.3 is 5.32 Å². The minimum Gasteiger partial charge on any atom is -0.320 e. The Morgan fingerprint density at radius 2 is 1.74 bits per heavy atom. The third-order valence-corrected chi connectivity index (χ3v) is 4.59. The number of anilines is 1. The van der Waals surface area contributed by atoms with Gasteiger partial charge in [-0.2, -0.15) is 15.3 Å². The van der Waals surface area contributed by atoms with Crippen LogP contribution >= 0.6 is 0 Å². The molecule has 142 valence electrons. The maximum atomic E-state index is 12.2. The Bertz CT molecular complexity index is 961. The van der Waals surface area contributed by atoms with E-state index >= 15 is 0 Å². The van der Waals surface area contributed by atoms with Crippen molar-refractivity contribution in [3.8, 4) is 0 Å². The Labute approximate surface area is 158 Å². The van der Waals surface area contributed by atoms with Gasteiger partial charge >= 0.3 is 0 Å². The van der Waals surface area contributed by atoms with E-state index in [1.807, 2.05) is 42.5 Å². The van der Waals surface area contributed by atoms with Gasteiger partial charge in [-0.15, -0.1) is 0 Å². The van der Waals surface area contributed by atoms with Gasteiger partial charge in [0.05, 0.1) is 30.8 Å². The maximum Gasteiger partial charge on any atom is 0.248 e. The summed E-state index contributed by atoms with van der Waals surface area (Å²) in [6, 6.07) is 0. The van der Waals surface area contributed by atoms with Gasteiger partial charge in [-0.1, -0.05) is 0 Å². The van der Waals surface area contributed by atoms with E-state index in [1.165, 1.54) is 6.08 Å². The van der Waals surface area contributed by atoms with Crippen molar-refractivity contribution in [2.75, 3.05) is 5.32 Å². The second kappa shape index (κ2) is 8.03. The number of nitrogens with zero attached hydrogens (tertiary/aromatic N) is 6. The lowest BCUT2D eigenvalue weighted by Gasteiger charge is -2.02. The second-order valence-corrected chi connectivity index (χ2v) is 6.32. The molecule has 3 rings (SSSR count). The normalized spacial score (nSPS) is 11.4. The lowest BCUT2D eigenvalue weighted by atomic mass is 10.2. The highest BCUT2D eigenvalue weighted by molar-refractivity contribution is 6.01. The summed E-state index contributed by atoms with van der Waals surface area (Å²) >= 11 is 0. The average Bonchev–Trinajstić information content (AvgIpc) is 3.34. The first-order chi connectivity index (χ1) is 13.0. The van der Waals surface area contributed by atoms with Crippen molar-refractivity contribution in [2.45, 2.75) is 47.3 Å². The Morgan fingerprint density at radius 1 is 1.04 bits per heavy atom. The van der Waals surface area contributed by atoms with E-state index < -0.39 is 0 Å². The van der Waals surface area contributed by atoms with Gasteiger partial charge in [0.25, 0.3) is 0 Å². The predicted molar refractivity (Wildman–Crippen MR) is 104 cm³/mol. The van der Waals surface area contributed by atoms with Crippen molar-refractivity contribution in [3.05, 3.63) is 53.4 Å². The van der Waals surface area contributed by atoms with Gasteiger partial charge in [-0.05, 0) is 33.8 Å². The van der Waals surface area contributed by atoms with E-state index in [0.717, 1.165) is 35.6 Å². The molecule has 27 heavy (non-hydrogen) atoms. The molecule has 0 bridgehead atoms. The molecule has 8 nitrogen and oxygen atoms in total. The van der Waals surface area contributed by atoms with Crippen molar-refractivity contribution in [2.24, 2.45) is 0 Å². The predicted octanol–water partition coefficient (Wildman–Crippen LogP) is 2.63. The fraction of sp³-hybridized carbons (Fsp3) is 0.368. The van der Waals surface area contributed by atoms with Crippen molar-refractivity contribution in [1.82, 2.24) is 29.3 Å². The van der Waals surface area contributed by atoms with Gasteiger partial charge in [0.2, 0.25) is 5.91 Å². The summed E-state index contributed by atoms with van der Waals surface area (Å²) in [7, 11) is 0. The smallest absolute Gasteiger partial charge is 0.248 e. The molecule has 3 heterocycles. The zero-order valence-electron chi connectivity index (χ0n) is 16.2. The molecule has 1 N–H and O–H groups in total. The Balaban J connectivity index is 1.61. The molecule has 0 saturated heterocycles. The Morgan fingerprint density at radius 3 is 2.41 bits per heavy atom. The molecule has 0 aliphatic carbocycles. The number of amides is 1. The summed E-state index contributed by atoms with van der Waals surface area (Å²) in [6.45, 7) is 10.4. The van der Waals surface area contributed by atoms with Crippen molar-refractivity contribution < 1.29 is 4.79 Å². The molecule has 0 aliphatic heterocycles. The monoisotopic (exact) mass is 367 g/mol. The molecule has 0 spiro atoms. The van der Waals surface area contributed by atoms with Crippen LogP contribution in [-0.4, -0.2) is 35.2 Å². The summed E-state index contributed by atoms with van der Waals surface area (Å²) in [5.41, 5.74) is 4.88. The zero-order valence-corrected chi connectivity index (χ0v) is 16.2. The van der Waals surface area contributed by atoms with Crippen LogP contribution in [-0.2, 0) is 24.4 Å².